The number of aromatic nitrogens is 1. The third-order valence-corrected chi connectivity index (χ3v) is 4.05. The quantitative estimate of drug-likeness (QED) is 0.837. The molecule has 1 aromatic heterocycles. The van der Waals surface area contributed by atoms with Gasteiger partial charge < -0.3 is 5.11 Å². The van der Waals surface area contributed by atoms with Gasteiger partial charge in [0.05, 0.1) is 11.6 Å². The second-order valence-electron chi connectivity index (χ2n) is 6.60. The minimum Gasteiger partial charge on any atom is -0.389 e. The van der Waals surface area contributed by atoms with E-state index in [4.69, 9.17) is 0 Å². The van der Waals surface area contributed by atoms with Gasteiger partial charge in [0.2, 0.25) is 0 Å². The summed E-state index contributed by atoms with van der Waals surface area (Å²) in [5.74, 6) is 0. The van der Waals surface area contributed by atoms with Crippen molar-refractivity contribution in [3.05, 3.63) is 53.7 Å². The lowest BCUT2D eigenvalue weighted by molar-refractivity contribution is 0.138. The van der Waals surface area contributed by atoms with Crippen LogP contribution in [0.4, 0.5) is 0 Å². The highest BCUT2D eigenvalue weighted by molar-refractivity contribution is 5.82. The Balaban J connectivity index is 1.94. The van der Waals surface area contributed by atoms with E-state index in [9.17, 15) is 5.11 Å². The Morgan fingerprint density at radius 1 is 1.25 bits per heavy atom. The van der Waals surface area contributed by atoms with E-state index in [0.717, 1.165) is 24.8 Å². The Labute approximate surface area is 120 Å². The zero-order valence-corrected chi connectivity index (χ0v) is 12.1. The molecular formula is C18H21NO. The molecule has 2 aromatic rings. The summed E-state index contributed by atoms with van der Waals surface area (Å²) in [5.41, 5.74) is 3.87. The zero-order chi connectivity index (χ0) is 14.2. The molecule has 0 aliphatic heterocycles. The van der Waals surface area contributed by atoms with E-state index < -0.39 is 0 Å². The number of benzene rings is 1. The smallest absolute Gasteiger partial charge is 0.0728 e. The van der Waals surface area contributed by atoms with Gasteiger partial charge >= 0.3 is 0 Å². The topological polar surface area (TPSA) is 33.1 Å². The van der Waals surface area contributed by atoms with Crippen LogP contribution in [0.5, 0.6) is 0 Å². The first-order valence-electron chi connectivity index (χ1n) is 7.24. The van der Waals surface area contributed by atoms with Crippen LogP contribution in [0.15, 0.2) is 48.2 Å². The molecule has 0 amide bonds. The molecule has 20 heavy (non-hydrogen) atoms. The number of para-hydroxylation sites is 1. The van der Waals surface area contributed by atoms with E-state index >= 15 is 0 Å². The van der Waals surface area contributed by atoms with Gasteiger partial charge in [-0.15, -0.1) is 0 Å². The SMILES string of the molecule is CC1(C)CC(Cc2ccnc3ccccc23)=CC(O)C1. The van der Waals surface area contributed by atoms with Crippen LogP contribution in [0.2, 0.25) is 0 Å². The minimum atomic E-state index is -0.304. The monoisotopic (exact) mass is 267 g/mol. The van der Waals surface area contributed by atoms with Crippen molar-refractivity contribution < 1.29 is 5.11 Å². The highest BCUT2D eigenvalue weighted by Gasteiger charge is 2.27. The lowest BCUT2D eigenvalue weighted by atomic mass is 9.75. The van der Waals surface area contributed by atoms with E-state index in [1.807, 2.05) is 24.4 Å². The van der Waals surface area contributed by atoms with Crippen molar-refractivity contribution in [3.8, 4) is 0 Å². The number of allylic oxidation sites excluding steroid dienone is 1. The molecule has 1 atom stereocenters. The number of aliphatic hydroxyl groups excluding tert-OH is 1. The summed E-state index contributed by atoms with van der Waals surface area (Å²) in [7, 11) is 0. The second-order valence-corrected chi connectivity index (χ2v) is 6.60. The van der Waals surface area contributed by atoms with Crippen LogP contribution in [0.1, 0.15) is 32.3 Å². The molecule has 104 valence electrons. The van der Waals surface area contributed by atoms with Crippen LogP contribution in [-0.4, -0.2) is 16.2 Å². The average molecular weight is 267 g/mol. The van der Waals surface area contributed by atoms with Crippen LogP contribution in [-0.2, 0) is 6.42 Å². The van der Waals surface area contributed by atoms with Crippen LogP contribution in [0.3, 0.4) is 0 Å². The van der Waals surface area contributed by atoms with Gasteiger partial charge in [0.1, 0.15) is 0 Å². The number of fused-ring (bicyclic) bond motifs is 1. The number of hydrogen-bond donors (Lipinski definition) is 1. The normalized spacial score (nSPS) is 21.8. The molecule has 1 N–H and O–H groups in total. The first-order valence-corrected chi connectivity index (χ1v) is 7.24. The van der Waals surface area contributed by atoms with Crippen LogP contribution in [0.25, 0.3) is 10.9 Å². The lowest BCUT2D eigenvalue weighted by Crippen LogP contribution is -2.25. The van der Waals surface area contributed by atoms with E-state index in [-0.39, 0.29) is 11.5 Å². The Bertz CT molecular complexity index is 652. The summed E-state index contributed by atoms with van der Waals surface area (Å²) in [6, 6.07) is 10.3. The number of pyridine rings is 1. The first kappa shape index (κ1) is 13.3. The summed E-state index contributed by atoms with van der Waals surface area (Å²) in [4.78, 5) is 4.41. The van der Waals surface area contributed by atoms with Gasteiger partial charge in [-0.2, -0.15) is 0 Å². The fraction of sp³-hybridized carbons (Fsp3) is 0.389. The van der Waals surface area contributed by atoms with Crippen molar-refractivity contribution in [2.24, 2.45) is 5.41 Å². The molecule has 3 rings (SSSR count). The largest absolute Gasteiger partial charge is 0.389 e. The maximum absolute atomic E-state index is 10.0. The fourth-order valence-corrected chi connectivity index (χ4v) is 3.32. The van der Waals surface area contributed by atoms with E-state index in [2.05, 4.69) is 37.0 Å². The molecule has 0 saturated carbocycles. The molecule has 1 unspecified atom stereocenters. The standard InChI is InChI=1S/C18H21NO/c1-18(2)11-13(10-15(20)12-18)9-14-7-8-19-17-6-4-3-5-16(14)17/h3-8,10,15,20H,9,11-12H2,1-2H3. The number of aliphatic hydroxyl groups is 1. The second kappa shape index (κ2) is 5.02. The van der Waals surface area contributed by atoms with Crippen molar-refractivity contribution in [3.63, 3.8) is 0 Å². The lowest BCUT2D eigenvalue weighted by Gasteiger charge is -2.32. The van der Waals surface area contributed by atoms with Gasteiger partial charge in [-0.3, -0.25) is 4.98 Å². The molecule has 1 aliphatic carbocycles. The summed E-state index contributed by atoms with van der Waals surface area (Å²) < 4.78 is 0. The third-order valence-electron chi connectivity index (χ3n) is 4.05. The van der Waals surface area contributed by atoms with Crippen molar-refractivity contribution in [1.82, 2.24) is 4.98 Å². The number of nitrogens with zero attached hydrogens (tertiary/aromatic N) is 1. The van der Waals surface area contributed by atoms with Crippen molar-refractivity contribution in [2.75, 3.05) is 0 Å². The fourth-order valence-electron chi connectivity index (χ4n) is 3.32. The maximum Gasteiger partial charge on any atom is 0.0728 e. The predicted molar refractivity (Wildman–Crippen MR) is 82.6 cm³/mol. The molecule has 0 saturated heterocycles. The van der Waals surface area contributed by atoms with Gasteiger partial charge in [-0.05, 0) is 42.4 Å². The molecule has 2 heteroatoms. The summed E-state index contributed by atoms with van der Waals surface area (Å²) >= 11 is 0. The highest BCUT2D eigenvalue weighted by atomic mass is 16.3. The van der Waals surface area contributed by atoms with Crippen LogP contribution >= 0.6 is 0 Å². The Hall–Kier alpha value is -1.67. The number of hydrogen-bond acceptors (Lipinski definition) is 2. The Morgan fingerprint density at radius 2 is 2.05 bits per heavy atom. The Morgan fingerprint density at radius 3 is 2.85 bits per heavy atom. The summed E-state index contributed by atoms with van der Waals surface area (Å²) in [6.07, 6.45) is 6.43. The molecule has 0 radical (unpaired) electrons. The van der Waals surface area contributed by atoms with Crippen molar-refractivity contribution in [2.45, 2.75) is 39.2 Å². The molecule has 0 bridgehead atoms. The van der Waals surface area contributed by atoms with E-state index in [0.29, 0.717) is 0 Å². The average Bonchev–Trinajstić information content (AvgIpc) is 2.37. The van der Waals surface area contributed by atoms with Gasteiger partial charge in [-0.1, -0.05) is 43.7 Å². The van der Waals surface area contributed by atoms with Gasteiger partial charge in [0.15, 0.2) is 0 Å². The molecule has 0 spiro atoms. The molecule has 1 aliphatic rings. The molecule has 0 fully saturated rings. The van der Waals surface area contributed by atoms with Gasteiger partial charge in [0, 0.05) is 11.6 Å². The molecule has 1 aromatic carbocycles. The summed E-state index contributed by atoms with van der Waals surface area (Å²) in [6.45, 7) is 4.46. The van der Waals surface area contributed by atoms with Gasteiger partial charge in [0.25, 0.3) is 0 Å². The highest BCUT2D eigenvalue weighted by Crippen LogP contribution is 2.37. The minimum absolute atomic E-state index is 0.187. The van der Waals surface area contributed by atoms with Crippen molar-refractivity contribution in [1.29, 1.82) is 0 Å². The van der Waals surface area contributed by atoms with Crippen LogP contribution < -0.4 is 0 Å². The maximum atomic E-state index is 10.0. The van der Waals surface area contributed by atoms with Crippen molar-refractivity contribution >= 4 is 10.9 Å². The zero-order valence-electron chi connectivity index (χ0n) is 12.1. The third kappa shape index (κ3) is 2.75. The predicted octanol–water partition coefficient (Wildman–Crippen LogP) is 3.88. The molecule has 2 nitrogen and oxygen atoms in total. The van der Waals surface area contributed by atoms with Gasteiger partial charge in [-0.25, -0.2) is 0 Å². The first-order chi connectivity index (χ1) is 9.53. The van der Waals surface area contributed by atoms with E-state index in [1.54, 1.807) is 0 Å². The summed E-state index contributed by atoms with van der Waals surface area (Å²) in [5, 5.41) is 11.2. The number of rotatable bonds is 2. The molecule has 1 heterocycles. The molecular weight excluding hydrogens is 246 g/mol. The van der Waals surface area contributed by atoms with E-state index in [1.165, 1.54) is 16.5 Å². The Kier molecular flexibility index (Phi) is 3.35. The van der Waals surface area contributed by atoms with Crippen LogP contribution in [0, 0.1) is 5.41 Å².